The summed E-state index contributed by atoms with van der Waals surface area (Å²) in [6, 6.07) is 1.15. The van der Waals surface area contributed by atoms with Crippen LogP contribution in [0.15, 0.2) is 17.1 Å². The molecule has 0 atom stereocenters. The van der Waals surface area contributed by atoms with Crippen LogP contribution in [0.4, 0.5) is 5.69 Å². The molecule has 0 aromatic carbocycles. The van der Waals surface area contributed by atoms with Gasteiger partial charge in [0.25, 0.3) is 0 Å². The van der Waals surface area contributed by atoms with Crippen LogP contribution in [0.2, 0.25) is 0 Å². The van der Waals surface area contributed by atoms with Gasteiger partial charge in [-0.1, -0.05) is 0 Å². The fraction of sp³-hybridized carbons (Fsp3) is 0.143. The predicted octanol–water partition coefficient (Wildman–Crippen LogP) is -0.118. The highest BCUT2D eigenvalue weighted by molar-refractivity contribution is 5.71. The van der Waals surface area contributed by atoms with E-state index in [4.69, 9.17) is 5.73 Å². The first-order valence-corrected chi connectivity index (χ1v) is 3.26. The number of hydrogen-bond donors (Lipinski definition) is 2. The molecule has 64 valence electrons. The van der Waals surface area contributed by atoms with Crippen LogP contribution >= 0.6 is 0 Å². The first-order valence-electron chi connectivity index (χ1n) is 3.26. The van der Waals surface area contributed by atoms with Gasteiger partial charge >= 0.3 is 5.97 Å². The van der Waals surface area contributed by atoms with Gasteiger partial charge in [0, 0.05) is 19.2 Å². The van der Waals surface area contributed by atoms with Crippen molar-refractivity contribution in [2.75, 3.05) is 5.73 Å². The number of carbonyl (C=O) groups excluding carboxylic acids is 1. The number of H-pyrrole nitrogens is 1. The molecule has 0 radical (unpaired) electrons. The average molecular weight is 168 g/mol. The molecular weight excluding hydrogens is 160 g/mol. The Morgan fingerprint density at radius 3 is 2.83 bits per heavy atom. The van der Waals surface area contributed by atoms with Crippen LogP contribution in [0.5, 0.6) is 5.75 Å². The lowest BCUT2D eigenvalue weighted by Crippen LogP contribution is -2.09. The second-order valence-corrected chi connectivity index (χ2v) is 2.21. The minimum Gasteiger partial charge on any atom is -0.423 e. The van der Waals surface area contributed by atoms with E-state index in [0.29, 0.717) is 0 Å². The number of nitrogens with two attached hydrogens (primary N) is 1. The Kier molecular flexibility index (Phi) is 2.14. The van der Waals surface area contributed by atoms with Crippen LogP contribution in [0.1, 0.15) is 6.92 Å². The predicted molar refractivity (Wildman–Crippen MR) is 42.8 cm³/mol. The summed E-state index contributed by atoms with van der Waals surface area (Å²) in [6.45, 7) is 1.25. The highest BCUT2D eigenvalue weighted by Crippen LogP contribution is 2.16. The van der Waals surface area contributed by atoms with Gasteiger partial charge in [0.15, 0.2) is 5.75 Å². The lowest BCUT2D eigenvalue weighted by atomic mass is 10.4. The molecule has 5 heteroatoms. The number of esters is 1. The third kappa shape index (κ3) is 1.85. The van der Waals surface area contributed by atoms with Crippen molar-refractivity contribution >= 4 is 11.7 Å². The Labute approximate surface area is 68.2 Å². The average Bonchev–Trinajstić information content (AvgIpc) is 1.94. The number of carbonyl (C=O) groups is 1. The summed E-state index contributed by atoms with van der Waals surface area (Å²) < 4.78 is 4.67. The summed E-state index contributed by atoms with van der Waals surface area (Å²) in [5.74, 6) is -0.309. The van der Waals surface area contributed by atoms with Crippen molar-refractivity contribution in [3.63, 3.8) is 0 Å². The molecule has 0 saturated heterocycles. The van der Waals surface area contributed by atoms with Crippen molar-refractivity contribution in [3.8, 4) is 5.75 Å². The molecule has 1 aromatic rings. The molecule has 1 aromatic heterocycles. The molecule has 0 aliphatic rings. The van der Waals surface area contributed by atoms with Crippen LogP contribution in [0, 0.1) is 0 Å². The number of rotatable bonds is 1. The van der Waals surface area contributed by atoms with Crippen molar-refractivity contribution < 1.29 is 9.53 Å². The molecule has 5 nitrogen and oxygen atoms in total. The molecule has 0 bridgehead atoms. The van der Waals surface area contributed by atoms with Gasteiger partial charge in [0.1, 0.15) is 0 Å². The van der Waals surface area contributed by atoms with Gasteiger partial charge < -0.3 is 15.5 Å². The summed E-state index contributed by atoms with van der Waals surface area (Å²) in [6.07, 6.45) is 1.25. The zero-order chi connectivity index (χ0) is 9.14. The lowest BCUT2D eigenvalue weighted by molar-refractivity contribution is -0.131. The highest BCUT2D eigenvalue weighted by atomic mass is 16.5. The van der Waals surface area contributed by atoms with E-state index in [1.807, 2.05) is 0 Å². The number of hydrogen-bond acceptors (Lipinski definition) is 4. The Morgan fingerprint density at radius 2 is 2.33 bits per heavy atom. The first-order chi connectivity index (χ1) is 5.59. The number of anilines is 1. The van der Waals surface area contributed by atoms with Gasteiger partial charge in [0.05, 0.1) is 5.69 Å². The number of aromatic nitrogens is 1. The molecule has 0 fully saturated rings. The van der Waals surface area contributed by atoms with E-state index in [2.05, 4.69) is 9.72 Å². The number of nitrogen functional groups attached to an aromatic ring is 1. The fourth-order valence-electron chi connectivity index (χ4n) is 0.717. The number of ether oxygens (including phenoxy) is 1. The molecule has 0 saturated carbocycles. The normalized spacial score (nSPS) is 9.42. The molecule has 1 heterocycles. The standard InChI is InChI=1S/C7H8N2O3/c1-4(10)12-6-3-9-7(11)2-5(6)8/h2-3H,1H3,(H3,8,9,11). The van der Waals surface area contributed by atoms with Crippen molar-refractivity contribution in [3.05, 3.63) is 22.6 Å². The zero-order valence-electron chi connectivity index (χ0n) is 6.46. The largest absolute Gasteiger partial charge is 0.423 e. The second kappa shape index (κ2) is 3.08. The Balaban J connectivity index is 3.01. The zero-order valence-corrected chi connectivity index (χ0v) is 6.46. The Morgan fingerprint density at radius 1 is 1.67 bits per heavy atom. The van der Waals surface area contributed by atoms with Crippen LogP contribution < -0.4 is 16.0 Å². The van der Waals surface area contributed by atoms with Gasteiger partial charge in [-0.3, -0.25) is 9.59 Å². The van der Waals surface area contributed by atoms with Gasteiger partial charge in [-0.2, -0.15) is 0 Å². The lowest BCUT2D eigenvalue weighted by Gasteiger charge is -2.02. The number of aromatic amines is 1. The van der Waals surface area contributed by atoms with Crippen LogP contribution in [-0.4, -0.2) is 11.0 Å². The van der Waals surface area contributed by atoms with Crippen molar-refractivity contribution in [2.24, 2.45) is 0 Å². The molecule has 0 aliphatic heterocycles. The summed E-state index contributed by atoms with van der Waals surface area (Å²) >= 11 is 0. The molecule has 0 amide bonds. The monoisotopic (exact) mass is 168 g/mol. The van der Waals surface area contributed by atoms with Gasteiger partial charge in [-0.15, -0.1) is 0 Å². The van der Waals surface area contributed by atoms with Gasteiger partial charge in [-0.05, 0) is 0 Å². The van der Waals surface area contributed by atoms with E-state index in [9.17, 15) is 9.59 Å². The molecule has 3 N–H and O–H groups in total. The van der Waals surface area contributed by atoms with E-state index in [-0.39, 0.29) is 17.0 Å². The van der Waals surface area contributed by atoms with Gasteiger partial charge in [-0.25, -0.2) is 0 Å². The highest BCUT2D eigenvalue weighted by Gasteiger charge is 2.02. The maximum absolute atomic E-state index is 10.7. The van der Waals surface area contributed by atoms with Crippen LogP contribution in [0.25, 0.3) is 0 Å². The molecule has 0 aliphatic carbocycles. The summed E-state index contributed by atoms with van der Waals surface area (Å²) in [5, 5.41) is 0. The summed E-state index contributed by atoms with van der Waals surface area (Å²) in [5.41, 5.74) is 5.19. The summed E-state index contributed by atoms with van der Waals surface area (Å²) in [7, 11) is 0. The number of nitrogens with one attached hydrogen (secondary N) is 1. The molecule has 0 unspecified atom stereocenters. The van der Waals surface area contributed by atoms with Crippen molar-refractivity contribution in [1.82, 2.24) is 4.98 Å². The Hall–Kier alpha value is -1.78. The third-order valence-electron chi connectivity index (χ3n) is 1.17. The van der Waals surface area contributed by atoms with Crippen LogP contribution in [-0.2, 0) is 4.79 Å². The van der Waals surface area contributed by atoms with Crippen molar-refractivity contribution in [1.29, 1.82) is 0 Å². The van der Waals surface area contributed by atoms with E-state index in [1.165, 1.54) is 13.1 Å². The van der Waals surface area contributed by atoms with E-state index < -0.39 is 5.97 Å². The summed E-state index contributed by atoms with van der Waals surface area (Å²) in [4.78, 5) is 23.5. The third-order valence-corrected chi connectivity index (χ3v) is 1.17. The molecule has 1 rings (SSSR count). The minimum absolute atomic E-state index is 0.147. The number of pyridine rings is 1. The SMILES string of the molecule is CC(=O)Oc1c[nH]c(=O)cc1N. The Bertz CT molecular complexity index is 356. The maximum Gasteiger partial charge on any atom is 0.308 e. The van der Waals surface area contributed by atoms with E-state index in [0.717, 1.165) is 6.07 Å². The quantitative estimate of drug-likeness (QED) is 0.572. The minimum atomic E-state index is -0.478. The topological polar surface area (TPSA) is 85.2 Å². The first kappa shape index (κ1) is 8.32. The fourth-order valence-corrected chi connectivity index (χ4v) is 0.717. The van der Waals surface area contributed by atoms with Crippen LogP contribution in [0.3, 0.4) is 0 Å². The smallest absolute Gasteiger partial charge is 0.308 e. The second-order valence-electron chi connectivity index (χ2n) is 2.21. The van der Waals surface area contributed by atoms with E-state index >= 15 is 0 Å². The van der Waals surface area contributed by atoms with E-state index in [1.54, 1.807) is 0 Å². The maximum atomic E-state index is 10.7. The van der Waals surface area contributed by atoms with Crippen molar-refractivity contribution in [2.45, 2.75) is 6.92 Å². The molecule has 0 spiro atoms. The molecule has 12 heavy (non-hydrogen) atoms. The molecular formula is C7H8N2O3. The van der Waals surface area contributed by atoms with Gasteiger partial charge in [0.2, 0.25) is 5.56 Å².